The van der Waals surface area contributed by atoms with Crippen molar-refractivity contribution < 1.29 is 0 Å². The standard InChI is InChI=1S/C9H17NS/c1-6(2)10-7(3)8(4)11-9(10)5/h6,9H,1-5H3. The highest BCUT2D eigenvalue weighted by Crippen LogP contribution is 2.38. The van der Waals surface area contributed by atoms with E-state index in [1.54, 1.807) is 0 Å². The van der Waals surface area contributed by atoms with Gasteiger partial charge < -0.3 is 4.90 Å². The molecule has 0 aliphatic carbocycles. The van der Waals surface area contributed by atoms with Crippen LogP contribution in [0.5, 0.6) is 0 Å². The molecule has 0 amide bonds. The quantitative estimate of drug-likeness (QED) is 0.596. The van der Waals surface area contributed by atoms with Gasteiger partial charge in [-0.3, -0.25) is 0 Å². The summed E-state index contributed by atoms with van der Waals surface area (Å²) in [5.74, 6) is 0. The van der Waals surface area contributed by atoms with Crippen LogP contribution in [-0.4, -0.2) is 16.3 Å². The monoisotopic (exact) mass is 171 g/mol. The molecule has 1 atom stereocenters. The minimum absolute atomic E-state index is 0.634. The molecular formula is C9H17NS. The predicted octanol–water partition coefficient (Wildman–Crippen LogP) is 3.04. The first kappa shape index (κ1) is 8.98. The zero-order chi connectivity index (χ0) is 8.59. The van der Waals surface area contributed by atoms with Gasteiger partial charge in [0.05, 0.1) is 5.37 Å². The van der Waals surface area contributed by atoms with Crippen LogP contribution in [0, 0.1) is 0 Å². The summed E-state index contributed by atoms with van der Waals surface area (Å²) < 4.78 is 0. The van der Waals surface area contributed by atoms with E-state index in [0.717, 1.165) is 0 Å². The SMILES string of the molecule is CC1=C(C)N(C(C)C)C(C)S1. The van der Waals surface area contributed by atoms with Gasteiger partial charge in [-0.1, -0.05) is 0 Å². The van der Waals surface area contributed by atoms with Gasteiger partial charge >= 0.3 is 0 Å². The Kier molecular flexibility index (Phi) is 2.53. The third-order valence-electron chi connectivity index (χ3n) is 2.19. The van der Waals surface area contributed by atoms with E-state index in [2.05, 4.69) is 39.5 Å². The molecule has 1 heterocycles. The lowest BCUT2D eigenvalue weighted by molar-refractivity contribution is 0.284. The maximum atomic E-state index is 2.47. The first-order chi connectivity index (χ1) is 5.04. The number of nitrogens with zero attached hydrogens (tertiary/aromatic N) is 1. The lowest BCUT2D eigenvalue weighted by atomic mass is 10.3. The molecule has 0 saturated carbocycles. The fraction of sp³-hybridized carbons (Fsp3) is 0.778. The second kappa shape index (κ2) is 3.10. The van der Waals surface area contributed by atoms with Gasteiger partial charge in [-0.2, -0.15) is 0 Å². The zero-order valence-electron chi connectivity index (χ0n) is 8.01. The summed E-state index contributed by atoms with van der Waals surface area (Å²) in [4.78, 5) is 3.95. The first-order valence-corrected chi connectivity index (χ1v) is 5.04. The molecule has 0 spiro atoms. The van der Waals surface area contributed by atoms with Gasteiger partial charge in [0.15, 0.2) is 0 Å². The van der Waals surface area contributed by atoms with E-state index in [9.17, 15) is 0 Å². The molecule has 1 rings (SSSR count). The Bertz CT molecular complexity index is 184. The summed E-state index contributed by atoms with van der Waals surface area (Å²) in [5, 5.41) is 0.634. The number of thioether (sulfide) groups is 1. The van der Waals surface area contributed by atoms with Crippen LogP contribution < -0.4 is 0 Å². The highest BCUT2D eigenvalue weighted by molar-refractivity contribution is 8.03. The van der Waals surface area contributed by atoms with Crippen LogP contribution in [0.3, 0.4) is 0 Å². The van der Waals surface area contributed by atoms with Crippen LogP contribution in [0.1, 0.15) is 34.6 Å². The molecule has 0 radical (unpaired) electrons. The summed E-state index contributed by atoms with van der Waals surface area (Å²) in [6.45, 7) is 11.2. The third kappa shape index (κ3) is 1.56. The van der Waals surface area contributed by atoms with Crippen molar-refractivity contribution in [1.82, 2.24) is 4.90 Å². The molecule has 1 nitrogen and oxygen atoms in total. The number of allylic oxidation sites excluding steroid dienone is 2. The molecule has 11 heavy (non-hydrogen) atoms. The van der Waals surface area contributed by atoms with Crippen molar-refractivity contribution >= 4 is 11.8 Å². The van der Waals surface area contributed by atoms with E-state index in [4.69, 9.17) is 0 Å². The highest BCUT2D eigenvalue weighted by Gasteiger charge is 2.25. The van der Waals surface area contributed by atoms with E-state index >= 15 is 0 Å². The van der Waals surface area contributed by atoms with E-state index < -0.39 is 0 Å². The molecule has 1 unspecified atom stereocenters. The average molecular weight is 171 g/mol. The largest absolute Gasteiger partial charge is 0.360 e. The lowest BCUT2D eigenvalue weighted by Crippen LogP contribution is -2.31. The van der Waals surface area contributed by atoms with Crippen molar-refractivity contribution in [2.75, 3.05) is 0 Å². The fourth-order valence-electron chi connectivity index (χ4n) is 1.66. The Morgan fingerprint density at radius 2 is 1.91 bits per heavy atom. The number of hydrogen-bond donors (Lipinski definition) is 0. The highest BCUT2D eigenvalue weighted by atomic mass is 32.2. The molecule has 64 valence electrons. The molecule has 2 heteroatoms. The van der Waals surface area contributed by atoms with E-state index in [-0.39, 0.29) is 0 Å². The topological polar surface area (TPSA) is 3.24 Å². The van der Waals surface area contributed by atoms with Gasteiger partial charge in [0.1, 0.15) is 0 Å². The molecule has 0 fully saturated rings. The van der Waals surface area contributed by atoms with Crippen LogP contribution in [0.2, 0.25) is 0 Å². The van der Waals surface area contributed by atoms with Gasteiger partial charge in [-0.15, -0.1) is 11.8 Å². The minimum Gasteiger partial charge on any atom is -0.360 e. The van der Waals surface area contributed by atoms with Gasteiger partial charge in [0.2, 0.25) is 0 Å². The van der Waals surface area contributed by atoms with Crippen molar-refractivity contribution in [2.45, 2.75) is 46.0 Å². The van der Waals surface area contributed by atoms with Gasteiger partial charge in [0, 0.05) is 16.6 Å². The maximum absolute atomic E-state index is 2.47. The van der Waals surface area contributed by atoms with Crippen molar-refractivity contribution in [2.24, 2.45) is 0 Å². The third-order valence-corrected chi connectivity index (χ3v) is 3.41. The summed E-state index contributed by atoms with van der Waals surface area (Å²) in [6, 6.07) is 0.634. The van der Waals surface area contributed by atoms with Gasteiger partial charge in [-0.25, -0.2) is 0 Å². The summed E-state index contributed by atoms with van der Waals surface area (Å²) >= 11 is 1.97. The molecular weight excluding hydrogens is 154 g/mol. The number of hydrogen-bond acceptors (Lipinski definition) is 2. The fourth-order valence-corrected chi connectivity index (χ4v) is 2.96. The molecule has 0 aromatic heterocycles. The van der Waals surface area contributed by atoms with Crippen LogP contribution in [-0.2, 0) is 0 Å². The molecule has 0 bridgehead atoms. The van der Waals surface area contributed by atoms with Crippen molar-refractivity contribution in [3.63, 3.8) is 0 Å². The average Bonchev–Trinajstić information content (AvgIpc) is 2.07. The van der Waals surface area contributed by atoms with Crippen LogP contribution >= 0.6 is 11.8 Å². The molecule has 0 saturated heterocycles. The predicted molar refractivity (Wildman–Crippen MR) is 52.4 cm³/mol. The normalized spacial score (nSPS) is 25.6. The number of rotatable bonds is 1. The van der Waals surface area contributed by atoms with E-state index in [1.165, 1.54) is 10.6 Å². The molecule has 0 N–H and O–H groups in total. The van der Waals surface area contributed by atoms with Gasteiger partial charge in [0.25, 0.3) is 0 Å². The Labute approximate surface area is 73.8 Å². The van der Waals surface area contributed by atoms with Crippen molar-refractivity contribution in [3.8, 4) is 0 Å². The second-order valence-electron chi connectivity index (χ2n) is 3.36. The van der Waals surface area contributed by atoms with Crippen LogP contribution in [0.4, 0.5) is 0 Å². The van der Waals surface area contributed by atoms with Crippen molar-refractivity contribution in [3.05, 3.63) is 10.6 Å². The Morgan fingerprint density at radius 1 is 1.36 bits per heavy atom. The smallest absolute Gasteiger partial charge is 0.0766 e. The van der Waals surface area contributed by atoms with E-state index in [1.807, 2.05) is 11.8 Å². The Morgan fingerprint density at radius 3 is 2.09 bits per heavy atom. The molecule has 1 aliphatic rings. The van der Waals surface area contributed by atoms with Gasteiger partial charge in [-0.05, 0) is 34.6 Å². The summed E-state index contributed by atoms with van der Waals surface area (Å²) in [7, 11) is 0. The summed E-state index contributed by atoms with van der Waals surface area (Å²) in [6.07, 6.45) is 0. The second-order valence-corrected chi connectivity index (χ2v) is 4.89. The first-order valence-electron chi connectivity index (χ1n) is 4.16. The Hall–Kier alpha value is -0.110. The Balaban J connectivity index is 2.79. The summed E-state index contributed by atoms with van der Waals surface area (Å²) in [5.41, 5.74) is 1.46. The molecule has 0 aromatic carbocycles. The van der Waals surface area contributed by atoms with Crippen LogP contribution in [0.25, 0.3) is 0 Å². The zero-order valence-corrected chi connectivity index (χ0v) is 8.83. The minimum atomic E-state index is 0.634. The van der Waals surface area contributed by atoms with E-state index in [0.29, 0.717) is 11.4 Å². The molecule has 0 aromatic rings. The van der Waals surface area contributed by atoms with Crippen LogP contribution in [0.15, 0.2) is 10.6 Å². The molecule has 1 aliphatic heterocycles. The van der Waals surface area contributed by atoms with Crippen molar-refractivity contribution in [1.29, 1.82) is 0 Å². The lowest BCUT2D eigenvalue weighted by Gasteiger charge is -2.29. The maximum Gasteiger partial charge on any atom is 0.0766 e.